The third kappa shape index (κ3) is 3.18. The molecule has 8 heteroatoms. The van der Waals surface area contributed by atoms with E-state index in [2.05, 4.69) is 15.5 Å². The lowest BCUT2D eigenvalue weighted by molar-refractivity contribution is -0.0321. The Kier molecular flexibility index (Phi) is 4.64. The molecule has 0 radical (unpaired) electrons. The second kappa shape index (κ2) is 6.59. The largest absolute Gasteiger partial charge is 0.382 e. The maximum Gasteiger partial charge on any atom is 0.259 e. The van der Waals surface area contributed by atoms with Gasteiger partial charge in [0.2, 0.25) is 0 Å². The Hall–Kier alpha value is -2.22. The second-order valence-electron chi connectivity index (χ2n) is 6.96. The van der Waals surface area contributed by atoms with Gasteiger partial charge in [0.15, 0.2) is 0 Å². The van der Waals surface area contributed by atoms with Crippen LogP contribution in [0.3, 0.4) is 0 Å². The van der Waals surface area contributed by atoms with Crippen molar-refractivity contribution in [1.82, 2.24) is 25.1 Å². The van der Waals surface area contributed by atoms with Crippen molar-refractivity contribution in [3.05, 3.63) is 28.9 Å². The van der Waals surface area contributed by atoms with Crippen LogP contribution in [0.5, 0.6) is 0 Å². The predicted molar refractivity (Wildman–Crippen MR) is 90.1 cm³/mol. The molecule has 0 aliphatic carbocycles. The smallest absolute Gasteiger partial charge is 0.259 e. The van der Waals surface area contributed by atoms with Crippen molar-refractivity contribution in [1.29, 1.82) is 0 Å². The van der Waals surface area contributed by atoms with E-state index >= 15 is 0 Å². The summed E-state index contributed by atoms with van der Waals surface area (Å²) < 4.78 is 6.95. The first-order chi connectivity index (χ1) is 11.9. The number of β-amino-alcohol motifs (C(OH)–C–C–N with tert-alkyl or cyclic N) is 1. The fourth-order valence-electron chi connectivity index (χ4n) is 3.25. The quantitative estimate of drug-likeness (QED) is 0.906. The molecule has 1 N–H and O–H groups in total. The summed E-state index contributed by atoms with van der Waals surface area (Å²) in [7, 11) is 0. The first-order valence-electron chi connectivity index (χ1n) is 8.75. The molecule has 1 atom stereocenters. The molecular weight excluding hydrogens is 322 g/mol. The minimum absolute atomic E-state index is 0.148. The van der Waals surface area contributed by atoms with Gasteiger partial charge in [-0.25, -0.2) is 4.68 Å². The summed E-state index contributed by atoms with van der Waals surface area (Å²) in [6.45, 7) is 8.47. The van der Waals surface area contributed by atoms with Crippen LogP contribution >= 0.6 is 0 Å². The van der Waals surface area contributed by atoms with E-state index in [-0.39, 0.29) is 18.5 Å². The highest BCUT2D eigenvalue weighted by molar-refractivity contribution is 5.96. The Labute approximate surface area is 146 Å². The summed E-state index contributed by atoms with van der Waals surface area (Å²) in [6, 6.07) is 0.165. The van der Waals surface area contributed by atoms with Gasteiger partial charge in [-0.3, -0.25) is 4.79 Å². The molecule has 0 aromatic carbocycles. The molecule has 0 bridgehead atoms. The van der Waals surface area contributed by atoms with Gasteiger partial charge >= 0.3 is 0 Å². The number of carbonyl (C=O) groups excluding carboxylic acids is 1. The van der Waals surface area contributed by atoms with Crippen molar-refractivity contribution in [2.24, 2.45) is 0 Å². The Balaban J connectivity index is 1.84. The number of piperidine rings is 1. The van der Waals surface area contributed by atoms with Crippen LogP contribution in [-0.2, 0) is 12.0 Å². The highest BCUT2D eigenvalue weighted by atomic mass is 16.5. The SMILES string of the molecule is CCc1onc(C)c1C(=O)N1CCC[C@@](O)(c2cn(C(C)C)nn2)C1. The molecule has 136 valence electrons. The number of aryl methyl sites for hydroxylation is 2. The van der Waals surface area contributed by atoms with Gasteiger partial charge < -0.3 is 14.5 Å². The van der Waals surface area contributed by atoms with Gasteiger partial charge in [-0.2, -0.15) is 0 Å². The third-order valence-electron chi connectivity index (χ3n) is 4.74. The summed E-state index contributed by atoms with van der Waals surface area (Å²) in [4.78, 5) is 14.6. The minimum atomic E-state index is -1.18. The molecule has 1 saturated heterocycles. The number of amides is 1. The van der Waals surface area contributed by atoms with E-state index in [1.165, 1.54) is 0 Å². The summed E-state index contributed by atoms with van der Waals surface area (Å²) in [5.74, 6) is 0.437. The highest BCUT2D eigenvalue weighted by Crippen LogP contribution is 2.32. The third-order valence-corrected chi connectivity index (χ3v) is 4.74. The maximum atomic E-state index is 13.0. The number of likely N-dealkylation sites (tertiary alicyclic amines) is 1. The highest BCUT2D eigenvalue weighted by Gasteiger charge is 2.40. The van der Waals surface area contributed by atoms with Gasteiger partial charge in [-0.15, -0.1) is 5.10 Å². The van der Waals surface area contributed by atoms with Crippen molar-refractivity contribution in [2.75, 3.05) is 13.1 Å². The lowest BCUT2D eigenvalue weighted by atomic mass is 9.89. The Bertz CT molecular complexity index is 766. The summed E-state index contributed by atoms with van der Waals surface area (Å²) >= 11 is 0. The van der Waals surface area contributed by atoms with Crippen molar-refractivity contribution >= 4 is 5.91 Å². The van der Waals surface area contributed by atoms with Crippen LogP contribution in [0.25, 0.3) is 0 Å². The number of aliphatic hydroxyl groups is 1. The Morgan fingerprint density at radius 3 is 2.88 bits per heavy atom. The molecule has 1 amide bonds. The van der Waals surface area contributed by atoms with Crippen LogP contribution in [0.2, 0.25) is 0 Å². The van der Waals surface area contributed by atoms with Gasteiger partial charge in [-0.1, -0.05) is 17.3 Å². The van der Waals surface area contributed by atoms with Crippen LogP contribution in [0.1, 0.15) is 67.2 Å². The molecule has 3 rings (SSSR count). The van der Waals surface area contributed by atoms with E-state index < -0.39 is 5.60 Å². The summed E-state index contributed by atoms with van der Waals surface area (Å²) in [5, 5.41) is 23.2. The molecule has 3 heterocycles. The molecule has 2 aromatic heterocycles. The number of rotatable bonds is 4. The molecule has 1 aliphatic rings. The van der Waals surface area contributed by atoms with Crippen molar-refractivity contribution < 1.29 is 14.4 Å². The van der Waals surface area contributed by atoms with Gasteiger partial charge in [0.05, 0.1) is 18.4 Å². The minimum Gasteiger partial charge on any atom is -0.382 e. The number of carbonyl (C=O) groups is 1. The number of hydrogen-bond donors (Lipinski definition) is 1. The van der Waals surface area contributed by atoms with E-state index in [1.807, 2.05) is 20.8 Å². The van der Waals surface area contributed by atoms with E-state index in [4.69, 9.17) is 4.52 Å². The van der Waals surface area contributed by atoms with E-state index in [1.54, 1.807) is 22.7 Å². The lowest BCUT2D eigenvalue weighted by Crippen LogP contribution is -2.49. The molecule has 2 aromatic rings. The first kappa shape index (κ1) is 17.6. The van der Waals surface area contributed by atoms with E-state index in [0.29, 0.717) is 48.5 Å². The predicted octanol–water partition coefficient (Wildman–Crippen LogP) is 1.84. The molecule has 0 unspecified atom stereocenters. The monoisotopic (exact) mass is 347 g/mol. The molecular formula is C17H25N5O3. The zero-order chi connectivity index (χ0) is 18.2. The Morgan fingerprint density at radius 2 is 2.24 bits per heavy atom. The molecule has 0 saturated carbocycles. The summed E-state index contributed by atoms with van der Waals surface area (Å²) in [6.07, 6.45) is 3.61. The van der Waals surface area contributed by atoms with Gasteiger partial charge in [-0.05, 0) is 33.6 Å². The van der Waals surface area contributed by atoms with Crippen molar-refractivity contribution in [3.63, 3.8) is 0 Å². The summed E-state index contributed by atoms with van der Waals surface area (Å²) in [5.41, 5.74) is 0.425. The molecule has 25 heavy (non-hydrogen) atoms. The number of aromatic nitrogens is 4. The van der Waals surface area contributed by atoms with Crippen LogP contribution < -0.4 is 0 Å². The molecule has 8 nitrogen and oxygen atoms in total. The normalized spacial score (nSPS) is 21.1. The maximum absolute atomic E-state index is 13.0. The van der Waals surface area contributed by atoms with Crippen molar-refractivity contribution in [2.45, 2.75) is 58.6 Å². The second-order valence-corrected chi connectivity index (χ2v) is 6.96. The Morgan fingerprint density at radius 1 is 1.48 bits per heavy atom. The number of hydrogen-bond acceptors (Lipinski definition) is 6. The molecule has 1 aliphatic heterocycles. The number of nitrogens with zero attached hydrogens (tertiary/aromatic N) is 5. The van der Waals surface area contributed by atoms with Gasteiger partial charge in [0, 0.05) is 19.0 Å². The van der Waals surface area contributed by atoms with Gasteiger partial charge in [0.25, 0.3) is 5.91 Å². The van der Waals surface area contributed by atoms with Gasteiger partial charge in [0.1, 0.15) is 22.6 Å². The fraction of sp³-hybridized carbons (Fsp3) is 0.647. The average molecular weight is 347 g/mol. The van der Waals surface area contributed by atoms with Crippen LogP contribution in [0.15, 0.2) is 10.7 Å². The molecule has 1 fully saturated rings. The zero-order valence-corrected chi connectivity index (χ0v) is 15.2. The van der Waals surface area contributed by atoms with E-state index in [0.717, 1.165) is 0 Å². The van der Waals surface area contributed by atoms with Crippen LogP contribution in [0, 0.1) is 6.92 Å². The molecule has 0 spiro atoms. The first-order valence-corrected chi connectivity index (χ1v) is 8.75. The van der Waals surface area contributed by atoms with Crippen LogP contribution in [-0.4, -0.2) is 49.2 Å². The van der Waals surface area contributed by atoms with Crippen LogP contribution in [0.4, 0.5) is 0 Å². The topological polar surface area (TPSA) is 97.3 Å². The fourth-order valence-corrected chi connectivity index (χ4v) is 3.25. The average Bonchev–Trinajstić information content (AvgIpc) is 3.21. The standard InChI is InChI=1S/C17H25N5O3/c1-5-13-15(12(4)19-25-13)16(23)21-8-6-7-17(24,10-21)14-9-22(11(2)3)20-18-14/h9,11,24H,5-8,10H2,1-4H3/t17-/m0/s1. The zero-order valence-electron chi connectivity index (χ0n) is 15.2. The lowest BCUT2D eigenvalue weighted by Gasteiger charge is -2.38. The van der Waals surface area contributed by atoms with Crippen molar-refractivity contribution in [3.8, 4) is 0 Å². The van der Waals surface area contributed by atoms with E-state index in [9.17, 15) is 9.90 Å².